The highest BCUT2D eigenvalue weighted by Crippen LogP contribution is 2.55. The first-order valence-electron chi connectivity index (χ1n) is 5.93. The standard InChI is InChI=1S/C11H15BrO4S/c1-17(14,15)16-11-7-3-5-2-6(9(7)12)10(13)8(11)4-5/h5-9,11H,2-4H2,1H3/t5-,6+,7-,8+,9+,11-/m0/s1. The predicted molar refractivity (Wildman–Crippen MR) is 65.2 cm³/mol. The predicted octanol–water partition coefficient (Wildman–Crippen LogP) is 1.34. The summed E-state index contributed by atoms with van der Waals surface area (Å²) in [6.45, 7) is 0. The van der Waals surface area contributed by atoms with Crippen molar-refractivity contribution in [3.8, 4) is 0 Å². The van der Waals surface area contributed by atoms with Crippen molar-refractivity contribution < 1.29 is 17.4 Å². The second kappa shape index (κ2) is 3.78. The molecule has 0 radical (unpaired) electrons. The lowest BCUT2D eigenvalue weighted by atomic mass is 9.54. The Labute approximate surface area is 109 Å². The van der Waals surface area contributed by atoms with Crippen molar-refractivity contribution >= 4 is 31.8 Å². The summed E-state index contributed by atoms with van der Waals surface area (Å²) in [5.74, 6) is 0.844. The van der Waals surface area contributed by atoms with Gasteiger partial charge in [0, 0.05) is 22.6 Å². The summed E-state index contributed by atoms with van der Waals surface area (Å²) in [7, 11) is -3.49. The normalized spacial score (nSPS) is 48.7. The lowest BCUT2D eigenvalue weighted by molar-refractivity contribution is -0.149. The molecule has 4 bridgehead atoms. The minimum atomic E-state index is -3.49. The van der Waals surface area contributed by atoms with Gasteiger partial charge in [0.15, 0.2) is 0 Å². The Balaban J connectivity index is 1.93. The van der Waals surface area contributed by atoms with E-state index in [0.29, 0.717) is 5.92 Å². The van der Waals surface area contributed by atoms with Crippen molar-refractivity contribution in [2.75, 3.05) is 6.26 Å². The number of ketones is 1. The number of Topliss-reactive ketones (excluding diaryl/α,β-unsaturated/α-hetero) is 1. The van der Waals surface area contributed by atoms with Crippen molar-refractivity contribution in [3.63, 3.8) is 0 Å². The van der Waals surface area contributed by atoms with Crippen molar-refractivity contribution in [2.45, 2.75) is 30.2 Å². The third-order valence-electron chi connectivity index (χ3n) is 4.41. The Bertz CT molecular complexity index is 460. The molecule has 4 fully saturated rings. The fourth-order valence-electron chi connectivity index (χ4n) is 3.86. The van der Waals surface area contributed by atoms with Gasteiger partial charge in [-0.05, 0) is 25.2 Å². The summed E-state index contributed by atoms with van der Waals surface area (Å²) in [6.07, 6.45) is 3.39. The summed E-state index contributed by atoms with van der Waals surface area (Å²) in [5, 5.41) is 0. The van der Waals surface area contributed by atoms with E-state index in [-0.39, 0.29) is 28.4 Å². The molecule has 6 atom stereocenters. The molecule has 0 aromatic rings. The molecule has 6 heteroatoms. The van der Waals surface area contributed by atoms with Crippen LogP contribution in [0.2, 0.25) is 0 Å². The zero-order valence-electron chi connectivity index (χ0n) is 9.50. The number of alkyl halides is 1. The van der Waals surface area contributed by atoms with Crippen molar-refractivity contribution in [1.82, 2.24) is 0 Å². The molecule has 0 aromatic carbocycles. The van der Waals surface area contributed by atoms with Gasteiger partial charge in [-0.15, -0.1) is 0 Å². The van der Waals surface area contributed by atoms with Crippen LogP contribution in [0.5, 0.6) is 0 Å². The first-order valence-corrected chi connectivity index (χ1v) is 8.66. The molecule has 0 amide bonds. The second-order valence-electron chi connectivity index (χ2n) is 5.56. The Morgan fingerprint density at radius 3 is 2.53 bits per heavy atom. The van der Waals surface area contributed by atoms with E-state index in [0.717, 1.165) is 25.5 Å². The van der Waals surface area contributed by atoms with E-state index in [2.05, 4.69) is 15.9 Å². The number of carbonyl (C=O) groups is 1. The van der Waals surface area contributed by atoms with E-state index in [1.807, 2.05) is 0 Å². The van der Waals surface area contributed by atoms with Crippen molar-refractivity contribution in [3.05, 3.63) is 0 Å². The third-order valence-corrected chi connectivity index (χ3v) is 6.30. The van der Waals surface area contributed by atoms with Crippen LogP contribution < -0.4 is 0 Å². The molecule has 0 heterocycles. The maximum Gasteiger partial charge on any atom is 0.264 e. The van der Waals surface area contributed by atoms with Gasteiger partial charge in [0.1, 0.15) is 5.78 Å². The van der Waals surface area contributed by atoms with Crippen LogP contribution in [0.4, 0.5) is 0 Å². The fourth-order valence-corrected chi connectivity index (χ4v) is 5.54. The molecule has 4 saturated carbocycles. The van der Waals surface area contributed by atoms with Crippen LogP contribution in [0, 0.1) is 23.7 Å². The van der Waals surface area contributed by atoms with Crippen LogP contribution in [0.25, 0.3) is 0 Å². The van der Waals surface area contributed by atoms with E-state index in [4.69, 9.17) is 4.18 Å². The van der Waals surface area contributed by atoms with Gasteiger partial charge in [-0.2, -0.15) is 8.42 Å². The Morgan fingerprint density at radius 1 is 1.24 bits per heavy atom. The first kappa shape index (κ1) is 12.1. The summed E-state index contributed by atoms with van der Waals surface area (Å²) >= 11 is 3.57. The lowest BCUT2D eigenvalue weighted by Crippen LogP contribution is -2.60. The summed E-state index contributed by atoms with van der Waals surface area (Å²) in [4.78, 5) is 12.3. The quantitative estimate of drug-likeness (QED) is 0.568. The fraction of sp³-hybridized carbons (Fsp3) is 0.909. The Kier molecular flexibility index (Phi) is 2.69. The number of carbonyl (C=O) groups excluding carboxylic acids is 1. The van der Waals surface area contributed by atoms with Crippen molar-refractivity contribution in [2.24, 2.45) is 23.7 Å². The SMILES string of the molecule is CS(=O)(=O)O[C@H]1[C@H]2C[C@H]3C[C@@H]1C(=O)[C@H](C3)[C@H]2Br. The average Bonchev–Trinajstić information content (AvgIpc) is 2.21. The van der Waals surface area contributed by atoms with Crippen molar-refractivity contribution in [1.29, 1.82) is 0 Å². The van der Waals surface area contributed by atoms with E-state index in [1.54, 1.807) is 0 Å². The van der Waals surface area contributed by atoms with Gasteiger partial charge in [0.25, 0.3) is 10.1 Å². The molecule has 0 unspecified atom stereocenters. The molecule has 4 aliphatic rings. The van der Waals surface area contributed by atoms with Crippen LogP contribution in [0.3, 0.4) is 0 Å². The summed E-state index contributed by atoms with van der Waals surface area (Å²) in [5.41, 5.74) is 0. The average molecular weight is 323 g/mol. The smallest absolute Gasteiger partial charge is 0.264 e. The van der Waals surface area contributed by atoms with Gasteiger partial charge in [-0.25, -0.2) is 0 Å². The molecule has 0 aliphatic heterocycles. The van der Waals surface area contributed by atoms with Gasteiger partial charge in [0.05, 0.1) is 12.4 Å². The highest BCUT2D eigenvalue weighted by Gasteiger charge is 2.58. The third kappa shape index (κ3) is 1.88. The minimum absolute atomic E-state index is 0.0805. The Morgan fingerprint density at radius 2 is 1.88 bits per heavy atom. The number of halogens is 1. The maximum absolute atomic E-state index is 12.2. The molecule has 4 aliphatic carbocycles. The van der Waals surface area contributed by atoms with E-state index < -0.39 is 16.2 Å². The largest absolute Gasteiger partial charge is 0.299 e. The van der Waals surface area contributed by atoms with Crippen LogP contribution in [0.1, 0.15) is 19.3 Å². The zero-order chi connectivity index (χ0) is 12.4. The second-order valence-corrected chi connectivity index (χ2v) is 8.22. The van der Waals surface area contributed by atoms with Gasteiger partial charge in [-0.3, -0.25) is 8.98 Å². The van der Waals surface area contributed by atoms with E-state index in [1.165, 1.54) is 0 Å². The summed E-state index contributed by atoms with van der Waals surface area (Å²) in [6, 6.07) is 0. The molecule has 0 saturated heterocycles. The molecule has 4 rings (SSSR count). The van der Waals surface area contributed by atoms with Gasteiger partial charge in [0.2, 0.25) is 0 Å². The van der Waals surface area contributed by atoms with Gasteiger partial charge < -0.3 is 0 Å². The molecule has 96 valence electrons. The van der Waals surface area contributed by atoms with Crippen LogP contribution >= 0.6 is 15.9 Å². The first-order chi connectivity index (χ1) is 7.87. The number of rotatable bonds is 2. The highest BCUT2D eigenvalue weighted by molar-refractivity contribution is 9.09. The molecule has 0 spiro atoms. The molecule has 0 N–H and O–H groups in total. The zero-order valence-corrected chi connectivity index (χ0v) is 11.9. The number of hydrogen-bond acceptors (Lipinski definition) is 4. The molecule has 17 heavy (non-hydrogen) atoms. The van der Waals surface area contributed by atoms with Gasteiger partial charge in [-0.1, -0.05) is 15.9 Å². The van der Waals surface area contributed by atoms with Crippen LogP contribution in [-0.2, 0) is 19.1 Å². The van der Waals surface area contributed by atoms with E-state index in [9.17, 15) is 13.2 Å². The molecular formula is C11H15BrO4S. The molecule has 4 nitrogen and oxygen atoms in total. The molecule has 0 aromatic heterocycles. The maximum atomic E-state index is 12.2. The van der Waals surface area contributed by atoms with Crippen LogP contribution in [0.15, 0.2) is 0 Å². The molecular weight excluding hydrogens is 308 g/mol. The highest BCUT2D eigenvalue weighted by atomic mass is 79.9. The van der Waals surface area contributed by atoms with Crippen LogP contribution in [-0.4, -0.2) is 31.4 Å². The lowest BCUT2D eigenvalue weighted by Gasteiger charge is -2.54. The monoisotopic (exact) mass is 322 g/mol. The van der Waals surface area contributed by atoms with Gasteiger partial charge >= 0.3 is 0 Å². The van der Waals surface area contributed by atoms with E-state index >= 15 is 0 Å². The summed E-state index contributed by atoms with van der Waals surface area (Å²) < 4.78 is 27.8. The number of hydrogen-bond donors (Lipinski definition) is 0. The Hall–Kier alpha value is 0.0600. The minimum Gasteiger partial charge on any atom is -0.299 e. The topological polar surface area (TPSA) is 60.4 Å².